The summed E-state index contributed by atoms with van der Waals surface area (Å²) in [5, 5.41) is 5.96. The second-order valence-corrected chi connectivity index (χ2v) is 11.1. The van der Waals surface area contributed by atoms with Gasteiger partial charge < -0.3 is 19.5 Å². The molecule has 0 amide bonds. The van der Waals surface area contributed by atoms with Crippen LogP contribution < -0.4 is 10.1 Å². The van der Waals surface area contributed by atoms with E-state index in [9.17, 15) is 9.59 Å². The van der Waals surface area contributed by atoms with Gasteiger partial charge >= 0.3 is 0 Å². The lowest BCUT2D eigenvalue weighted by Crippen LogP contribution is -2.40. The first-order valence-corrected chi connectivity index (χ1v) is 14.0. The highest BCUT2D eigenvalue weighted by Gasteiger charge is 2.27. The number of carbonyl (C=O) groups excluding carboxylic acids is 2. The van der Waals surface area contributed by atoms with Crippen LogP contribution in [0.3, 0.4) is 0 Å². The van der Waals surface area contributed by atoms with E-state index < -0.39 is 0 Å². The van der Waals surface area contributed by atoms with Crippen molar-refractivity contribution in [3.63, 3.8) is 0 Å². The summed E-state index contributed by atoms with van der Waals surface area (Å²) < 4.78 is 16.7. The lowest BCUT2D eigenvalue weighted by molar-refractivity contribution is -0.138. The van der Waals surface area contributed by atoms with Gasteiger partial charge in [-0.2, -0.15) is 0 Å². The first kappa shape index (κ1) is 30.0. The maximum absolute atomic E-state index is 12.3. The molecule has 1 heterocycles. The Hall–Kier alpha value is -4.00. The highest BCUT2D eigenvalue weighted by atomic mass is 16.5. The first-order chi connectivity index (χ1) is 19.8. The van der Waals surface area contributed by atoms with E-state index in [0.717, 1.165) is 19.5 Å². The van der Waals surface area contributed by atoms with Crippen molar-refractivity contribution < 1.29 is 23.8 Å². The molecule has 0 aliphatic carbocycles. The van der Waals surface area contributed by atoms with Crippen LogP contribution >= 0.6 is 0 Å². The third-order valence-corrected chi connectivity index (χ3v) is 6.88. The van der Waals surface area contributed by atoms with Crippen molar-refractivity contribution in [3.8, 4) is 5.75 Å². The number of ether oxygens (including phenoxy) is 3. The van der Waals surface area contributed by atoms with Crippen molar-refractivity contribution in [2.75, 3.05) is 19.7 Å². The number of carbonyl (C=O) groups is 2. The van der Waals surface area contributed by atoms with Crippen molar-refractivity contribution in [1.29, 1.82) is 0 Å². The Labute approximate surface area is 242 Å². The molecule has 1 aliphatic heterocycles. The summed E-state index contributed by atoms with van der Waals surface area (Å²) >= 11 is 0. The number of fused-ring (bicyclic) bond motifs is 1. The minimum Gasteiger partial charge on any atom is -0.485 e. The zero-order valence-electron chi connectivity index (χ0n) is 24.0. The predicted octanol–water partition coefficient (Wildman–Crippen LogP) is 6.72. The molecule has 0 saturated carbocycles. The monoisotopic (exact) mass is 553 g/mol. The maximum Gasteiger partial charge on any atom is 0.293 e. The lowest BCUT2D eigenvalue weighted by atomic mass is 9.87. The first-order valence-electron chi connectivity index (χ1n) is 14.0. The van der Waals surface area contributed by atoms with Crippen LogP contribution in [0.4, 0.5) is 0 Å². The van der Waals surface area contributed by atoms with Gasteiger partial charge in [0.05, 0.1) is 12.7 Å². The van der Waals surface area contributed by atoms with E-state index >= 15 is 0 Å². The van der Waals surface area contributed by atoms with Gasteiger partial charge in [-0.25, -0.2) is 0 Å². The van der Waals surface area contributed by atoms with Crippen molar-refractivity contribution in [2.45, 2.75) is 51.4 Å². The molecule has 0 spiro atoms. The van der Waals surface area contributed by atoms with Crippen molar-refractivity contribution >= 4 is 23.0 Å². The number of nitrogens with one attached hydrogen (secondary N) is 1. The van der Waals surface area contributed by atoms with Crippen LogP contribution in [0.15, 0.2) is 97.1 Å². The smallest absolute Gasteiger partial charge is 0.293 e. The van der Waals surface area contributed by atoms with Crippen molar-refractivity contribution in [2.24, 2.45) is 0 Å². The van der Waals surface area contributed by atoms with Gasteiger partial charge in [-0.1, -0.05) is 78.9 Å². The third kappa shape index (κ3) is 9.27. The summed E-state index contributed by atoms with van der Waals surface area (Å²) in [4.78, 5) is 21.9. The summed E-state index contributed by atoms with van der Waals surface area (Å²) in [5.41, 5.74) is 2.78. The number of Topliss-reactive ketones (excluding diaryl/α,β-unsaturated/α-hetero) is 1. The topological polar surface area (TPSA) is 73.9 Å². The van der Waals surface area contributed by atoms with Crippen molar-refractivity contribution in [3.05, 3.63) is 114 Å². The molecule has 0 aromatic heterocycles. The van der Waals surface area contributed by atoms with Crippen LogP contribution in [0.5, 0.6) is 5.75 Å². The Morgan fingerprint density at radius 1 is 0.902 bits per heavy atom. The van der Waals surface area contributed by atoms with Gasteiger partial charge in [0.1, 0.15) is 11.4 Å². The second kappa shape index (κ2) is 14.6. The average molecular weight is 554 g/mol. The van der Waals surface area contributed by atoms with E-state index in [2.05, 4.69) is 64.7 Å². The fraction of sp³-hybridized carbons (Fsp3) is 0.314. The Bertz CT molecular complexity index is 1400. The quantitative estimate of drug-likeness (QED) is 0.183. The van der Waals surface area contributed by atoms with Gasteiger partial charge in [0.2, 0.25) is 0 Å². The number of rotatable bonds is 9. The highest BCUT2D eigenvalue weighted by molar-refractivity contribution is 5.97. The Kier molecular flexibility index (Phi) is 10.7. The fourth-order valence-electron chi connectivity index (χ4n) is 4.73. The summed E-state index contributed by atoms with van der Waals surface area (Å²) in [6.07, 6.45) is 1.13. The molecule has 2 unspecified atom stereocenters. The minimum absolute atomic E-state index is 0.0230. The number of piperidine rings is 1. The maximum atomic E-state index is 12.3. The SMILES string of the molecule is CC(C)(C)OC=O.O=C(COc1ccc(C2CCNCC2OCc2ccc3ccccc3c2)cc1)c1ccccc1. The van der Waals surface area contributed by atoms with Gasteiger partial charge in [-0.05, 0) is 73.8 Å². The molecule has 1 aliphatic rings. The van der Waals surface area contributed by atoms with E-state index in [1.165, 1.54) is 21.9 Å². The molecule has 0 bridgehead atoms. The van der Waals surface area contributed by atoms with Gasteiger partial charge in [0.25, 0.3) is 6.47 Å². The molecule has 6 heteroatoms. The second-order valence-electron chi connectivity index (χ2n) is 11.1. The fourth-order valence-corrected chi connectivity index (χ4v) is 4.73. The zero-order valence-corrected chi connectivity index (χ0v) is 24.0. The molecule has 2 atom stereocenters. The van der Waals surface area contributed by atoms with Gasteiger partial charge in [-0.3, -0.25) is 9.59 Å². The van der Waals surface area contributed by atoms with E-state index in [0.29, 0.717) is 30.3 Å². The molecule has 1 saturated heterocycles. The largest absolute Gasteiger partial charge is 0.485 e. The van der Waals surface area contributed by atoms with E-state index in [4.69, 9.17) is 9.47 Å². The molecule has 0 radical (unpaired) electrons. The van der Waals surface area contributed by atoms with Gasteiger partial charge in [-0.15, -0.1) is 0 Å². The Morgan fingerprint density at radius 2 is 1.61 bits per heavy atom. The van der Waals surface area contributed by atoms with Gasteiger partial charge in [0.15, 0.2) is 12.4 Å². The molecular weight excluding hydrogens is 514 g/mol. The van der Waals surface area contributed by atoms with E-state index in [1.807, 2.05) is 63.2 Å². The number of ketones is 1. The minimum atomic E-state index is -0.318. The summed E-state index contributed by atoms with van der Waals surface area (Å²) in [5.74, 6) is 1.00. The van der Waals surface area contributed by atoms with E-state index in [1.54, 1.807) is 0 Å². The van der Waals surface area contributed by atoms with Crippen molar-refractivity contribution in [1.82, 2.24) is 5.32 Å². The summed E-state index contributed by atoms with van der Waals surface area (Å²) in [7, 11) is 0. The Balaban J connectivity index is 0.000000493. The number of benzene rings is 4. The van der Waals surface area contributed by atoms with Gasteiger partial charge in [0, 0.05) is 18.0 Å². The molecule has 4 aromatic rings. The van der Waals surface area contributed by atoms with Crippen LogP contribution in [-0.4, -0.2) is 43.7 Å². The van der Waals surface area contributed by atoms with Crippen LogP contribution in [0, 0.1) is 0 Å². The number of hydrogen-bond acceptors (Lipinski definition) is 6. The standard InChI is InChI=1S/C30H29NO3.C5H10O2/c32-29(25-7-2-1-3-8-25)21-33-27-14-12-24(13-15-27)28-16-17-31-19-30(28)34-20-22-10-11-23-6-4-5-9-26(23)18-22;1-5(2,3)7-4-6/h1-15,18,28,30-31H,16-17,19-21H2;4H,1-3H3. The Morgan fingerprint density at radius 3 is 2.29 bits per heavy atom. The van der Waals surface area contributed by atoms with Crippen LogP contribution in [-0.2, 0) is 20.9 Å². The third-order valence-electron chi connectivity index (χ3n) is 6.88. The molecule has 214 valence electrons. The molecule has 5 rings (SSSR count). The number of hydrogen-bond donors (Lipinski definition) is 1. The van der Waals surface area contributed by atoms with E-state index in [-0.39, 0.29) is 24.1 Å². The zero-order chi connectivity index (χ0) is 29.1. The molecular formula is C35H39NO5. The normalized spacial score (nSPS) is 16.8. The summed E-state index contributed by atoms with van der Waals surface area (Å²) in [6.45, 7) is 8.36. The summed E-state index contributed by atoms with van der Waals surface area (Å²) in [6, 6.07) is 32.3. The van der Waals surface area contributed by atoms with Crippen LogP contribution in [0.2, 0.25) is 0 Å². The lowest BCUT2D eigenvalue weighted by Gasteiger charge is -2.32. The van der Waals surface area contributed by atoms with Crippen LogP contribution in [0.1, 0.15) is 54.6 Å². The molecule has 1 fully saturated rings. The molecule has 1 N–H and O–H groups in total. The molecule has 6 nitrogen and oxygen atoms in total. The molecule has 4 aromatic carbocycles. The average Bonchev–Trinajstić information content (AvgIpc) is 2.99. The highest BCUT2D eigenvalue weighted by Crippen LogP contribution is 2.30. The predicted molar refractivity (Wildman–Crippen MR) is 162 cm³/mol. The molecule has 41 heavy (non-hydrogen) atoms. The van der Waals surface area contributed by atoms with Crippen LogP contribution in [0.25, 0.3) is 10.8 Å².